The second-order valence-electron chi connectivity index (χ2n) is 6.65. The predicted molar refractivity (Wildman–Crippen MR) is 87.2 cm³/mol. The van der Waals surface area contributed by atoms with E-state index in [0.717, 1.165) is 43.0 Å². The summed E-state index contributed by atoms with van der Waals surface area (Å²) in [5, 5.41) is 12.2. The van der Waals surface area contributed by atoms with Crippen LogP contribution in [0.25, 0.3) is 0 Å². The maximum atomic E-state index is 8.99. The Morgan fingerprint density at radius 2 is 1.81 bits per heavy atom. The number of oxime groups is 1. The molecule has 1 aliphatic heterocycles. The van der Waals surface area contributed by atoms with Crippen molar-refractivity contribution in [3.8, 4) is 0 Å². The molecule has 0 spiro atoms. The van der Waals surface area contributed by atoms with Crippen LogP contribution in [0.4, 0.5) is 5.69 Å². The molecule has 0 amide bonds. The highest BCUT2D eigenvalue weighted by molar-refractivity contribution is 6.02. The minimum atomic E-state index is 0.173. The molecule has 116 valence electrons. The van der Waals surface area contributed by atoms with Crippen molar-refractivity contribution in [3.05, 3.63) is 29.3 Å². The quantitative estimate of drug-likeness (QED) is 0.378. The number of benzene rings is 1. The number of hydrogen-bond donors (Lipinski definition) is 2. The summed E-state index contributed by atoms with van der Waals surface area (Å²) in [4.78, 5) is 4.80. The fraction of sp³-hybridized carbons (Fsp3) is 0.562. The van der Waals surface area contributed by atoms with Crippen LogP contribution in [0, 0.1) is 6.92 Å². The number of hydrogen-bond acceptors (Lipinski definition) is 4. The van der Waals surface area contributed by atoms with E-state index in [0.29, 0.717) is 0 Å². The number of aryl methyl sites for hydroxylation is 1. The van der Waals surface area contributed by atoms with Crippen molar-refractivity contribution in [1.29, 1.82) is 0 Å². The summed E-state index contributed by atoms with van der Waals surface area (Å²) in [6, 6.07) is 6.11. The maximum Gasteiger partial charge on any atom is 0.172 e. The monoisotopic (exact) mass is 290 g/mol. The lowest BCUT2D eigenvalue weighted by atomic mass is 10.0. The summed E-state index contributed by atoms with van der Waals surface area (Å²) >= 11 is 0. The number of anilines is 1. The van der Waals surface area contributed by atoms with Gasteiger partial charge < -0.3 is 15.8 Å². The summed E-state index contributed by atoms with van der Waals surface area (Å²) in [5.41, 5.74) is 8.99. The van der Waals surface area contributed by atoms with Crippen molar-refractivity contribution in [3.63, 3.8) is 0 Å². The smallest absolute Gasteiger partial charge is 0.172 e. The summed E-state index contributed by atoms with van der Waals surface area (Å²) in [6.45, 7) is 12.7. The third-order valence-electron chi connectivity index (χ3n) is 4.10. The van der Waals surface area contributed by atoms with Crippen LogP contribution in [0.15, 0.2) is 23.4 Å². The standard InChI is InChI=1S/C16H26N4O/c1-12-5-6-14(13(11-12)15(17)18-21)19-7-9-20(10-8-19)16(2,3)4/h5-6,11,21H,7-10H2,1-4H3,(H2,17,18). The third-order valence-corrected chi connectivity index (χ3v) is 4.10. The Balaban J connectivity index is 2.21. The molecule has 1 aliphatic rings. The van der Waals surface area contributed by atoms with Crippen LogP contribution < -0.4 is 10.6 Å². The Kier molecular flexibility index (Phi) is 4.42. The molecule has 21 heavy (non-hydrogen) atoms. The fourth-order valence-electron chi connectivity index (χ4n) is 2.80. The minimum absolute atomic E-state index is 0.173. The van der Waals surface area contributed by atoms with Gasteiger partial charge in [-0.2, -0.15) is 0 Å². The first-order valence-corrected chi connectivity index (χ1v) is 7.41. The molecule has 5 heteroatoms. The molecule has 2 rings (SSSR count). The Morgan fingerprint density at radius 1 is 1.19 bits per heavy atom. The zero-order valence-corrected chi connectivity index (χ0v) is 13.4. The first kappa shape index (κ1) is 15.6. The summed E-state index contributed by atoms with van der Waals surface area (Å²) in [5.74, 6) is 0.173. The van der Waals surface area contributed by atoms with E-state index in [1.54, 1.807) is 0 Å². The van der Waals surface area contributed by atoms with E-state index in [-0.39, 0.29) is 11.4 Å². The maximum absolute atomic E-state index is 8.99. The van der Waals surface area contributed by atoms with Gasteiger partial charge in [-0.1, -0.05) is 16.8 Å². The summed E-state index contributed by atoms with van der Waals surface area (Å²) in [7, 11) is 0. The number of piperazine rings is 1. The molecule has 0 saturated carbocycles. The van der Waals surface area contributed by atoms with Gasteiger partial charge >= 0.3 is 0 Å². The minimum Gasteiger partial charge on any atom is -0.409 e. The highest BCUT2D eigenvalue weighted by Crippen LogP contribution is 2.25. The largest absolute Gasteiger partial charge is 0.409 e. The number of rotatable bonds is 2. The van der Waals surface area contributed by atoms with Crippen LogP contribution in [0.3, 0.4) is 0 Å². The molecule has 0 bridgehead atoms. The second-order valence-corrected chi connectivity index (χ2v) is 6.65. The van der Waals surface area contributed by atoms with Crippen molar-refractivity contribution >= 4 is 11.5 Å². The first-order chi connectivity index (χ1) is 9.82. The Morgan fingerprint density at radius 3 is 2.33 bits per heavy atom. The molecular formula is C16H26N4O. The van der Waals surface area contributed by atoms with Crippen LogP contribution in [0.2, 0.25) is 0 Å². The lowest BCUT2D eigenvalue weighted by Gasteiger charge is -2.43. The van der Waals surface area contributed by atoms with Crippen molar-refractivity contribution in [2.75, 3.05) is 31.1 Å². The average molecular weight is 290 g/mol. The number of amidine groups is 1. The molecule has 1 aromatic rings. The lowest BCUT2D eigenvalue weighted by molar-refractivity contribution is 0.128. The van der Waals surface area contributed by atoms with Gasteiger partial charge in [-0.05, 0) is 39.8 Å². The summed E-state index contributed by atoms with van der Waals surface area (Å²) in [6.07, 6.45) is 0. The van der Waals surface area contributed by atoms with E-state index < -0.39 is 0 Å². The lowest BCUT2D eigenvalue weighted by Crippen LogP contribution is -2.53. The van der Waals surface area contributed by atoms with E-state index in [9.17, 15) is 0 Å². The van der Waals surface area contributed by atoms with E-state index in [2.05, 4.69) is 47.9 Å². The zero-order chi connectivity index (χ0) is 15.6. The van der Waals surface area contributed by atoms with Gasteiger partial charge in [0, 0.05) is 43.0 Å². The van der Waals surface area contributed by atoms with Crippen molar-refractivity contribution in [1.82, 2.24) is 4.90 Å². The van der Waals surface area contributed by atoms with Gasteiger partial charge in [0.1, 0.15) is 0 Å². The summed E-state index contributed by atoms with van der Waals surface area (Å²) < 4.78 is 0. The highest BCUT2D eigenvalue weighted by Gasteiger charge is 2.27. The van der Waals surface area contributed by atoms with Gasteiger partial charge in [0.05, 0.1) is 0 Å². The molecule has 1 heterocycles. The van der Waals surface area contributed by atoms with Gasteiger partial charge in [-0.3, -0.25) is 4.90 Å². The third kappa shape index (κ3) is 3.47. The molecular weight excluding hydrogens is 264 g/mol. The Hall–Kier alpha value is -1.75. The molecule has 3 N–H and O–H groups in total. The van der Waals surface area contributed by atoms with Crippen LogP contribution >= 0.6 is 0 Å². The first-order valence-electron chi connectivity index (χ1n) is 7.41. The molecule has 0 aliphatic carbocycles. The topological polar surface area (TPSA) is 65.1 Å². The van der Waals surface area contributed by atoms with Gasteiger partial charge in [-0.25, -0.2) is 0 Å². The van der Waals surface area contributed by atoms with Crippen molar-refractivity contribution in [2.24, 2.45) is 10.9 Å². The molecule has 0 atom stereocenters. The zero-order valence-electron chi connectivity index (χ0n) is 13.4. The van der Waals surface area contributed by atoms with E-state index in [1.807, 2.05) is 13.0 Å². The van der Waals surface area contributed by atoms with Crippen LogP contribution in [0.5, 0.6) is 0 Å². The van der Waals surface area contributed by atoms with Gasteiger partial charge in [0.25, 0.3) is 0 Å². The Bertz CT molecular complexity index is 526. The molecule has 0 aromatic heterocycles. The predicted octanol–water partition coefficient (Wildman–Crippen LogP) is 2.01. The van der Waals surface area contributed by atoms with Crippen molar-refractivity contribution < 1.29 is 5.21 Å². The molecule has 1 aromatic carbocycles. The van der Waals surface area contributed by atoms with E-state index in [4.69, 9.17) is 10.9 Å². The number of nitrogens with two attached hydrogens (primary N) is 1. The highest BCUT2D eigenvalue weighted by atomic mass is 16.4. The van der Waals surface area contributed by atoms with Gasteiger partial charge in [0.15, 0.2) is 5.84 Å². The molecule has 0 radical (unpaired) electrons. The SMILES string of the molecule is Cc1ccc(N2CCN(C(C)(C)C)CC2)c(/C(N)=N/O)c1. The molecule has 1 saturated heterocycles. The van der Waals surface area contributed by atoms with Gasteiger partial charge in [-0.15, -0.1) is 0 Å². The van der Waals surface area contributed by atoms with E-state index >= 15 is 0 Å². The fourth-order valence-corrected chi connectivity index (χ4v) is 2.80. The molecule has 5 nitrogen and oxygen atoms in total. The number of nitrogens with zero attached hydrogens (tertiary/aromatic N) is 3. The van der Waals surface area contributed by atoms with Crippen LogP contribution in [-0.2, 0) is 0 Å². The van der Waals surface area contributed by atoms with E-state index in [1.165, 1.54) is 0 Å². The van der Waals surface area contributed by atoms with Crippen LogP contribution in [0.1, 0.15) is 31.9 Å². The van der Waals surface area contributed by atoms with Crippen molar-refractivity contribution in [2.45, 2.75) is 33.2 Å². The Labute approximate surface area is 127 Å². The second kappa shape index (κ2) is 5.93. The van der Waals surface area contributed by atoms with Crippen LogP contribution in [-0.4, -0.2) is 47.7 Å². The average Bonchev–Trinajstić information content (AvgIpc) is 2.45. The van der Waals surface area contributed by atoms with Gasteiger partial charge in [0.2, 0.25) is 0 Å². The molecule has 1 fully saturated rings. The molecule has 0 unspecified atom stereocenters. The normalized spacial score (nSPS) is 18.1.